The fourth-order valence-corrected chi connectivity index (χ4v) is 6.17. The molecule has 0 radical (unpaired) electrons. The number of nitrogens with two attached hydrogens (primary N) is 1. The van der Waals surface area contributed by atoms with E-state index in [9.17, 15) is 34.8 Å². The van der Waals surface area contributed by atoms with Crippen LogP contribution in [0, 0.1) is 11.8 Å². The summed E-state index contributed by atoms with van der Waals surface area (Å²) in [6.45, 7) is 5.87. The molecular formula is C26H34N4O7. The number of aliphatic hydroxyl groups excluding tert-OH is 2. The second-order valence-corrected chi connectivity index (χ2v) is 10.1. The molecule has 1 aromatic carbocycles. The number of likely N-dealkylation sites (N-methyl/N-ethyl adjacent to an activating group) is 1. The predicted octanol–water partition coefficient (Wildman–Crippen LogP) is 0.310. The first-order valence-corrected chi connectivity index (χ1v) is 12.4. The summed E-state index contributed by atoms with van der Waals surface area (Å²) in [5.41, 5.74) is 6.60. The molecule has 2 unspecified atom stereocenters. The second kappa shape index (κ2) is 9.56. The SMILES string of the molecule is CCNN(CC)Cc1ccc(O)c2c1CC1CC3[C@H](N(C)C)C(=O)C(C(N)=O)=C(O)[C@@]3(O)C(=O)C1=C2O. The summed E-state index contributed by atoms with van der Waals surface area (Å²) < 4.78 is 0. The monoisotopic (exact) mass is 514 g/mol. The zero-order valence-electron chi connectivity index (χ0n) is 21.4. The van der Waals surface area contributed by atoms with Crippen LogP contribution in [0.25, 0.3) is 5.76 Å². The van der Waals surface area contributed by atoms with Crippen LogP contribution in [-0.4, -0.2) is 86.6 Å². The van der Waals surface area contributed by atoms with Crippen LogP contribution in [0.4, 0.5) is 0 Å². The standard InChI is InChI=1S/C26H34N4O7/c1-5-28-30(6-2)11-12-7-8-16(31)18-14(12)9-13-10-15-20(29(3)4)22(33)19(25(27)36)24(35)26(15,37)23(34)17(13)21(18)32/h7-8,13,15,20,28,31-32,35,37H,5-6,9-11H2,1-4H3,(H2,27,36)/t13?,15?,20-,26-/m0/s1. The van der Waals surface area contributed by atoms with E-state index in [2.05, 4.69) is 5.43 Å². The van der Waals surface area contributed by atoms with E-state index in [1.54, 1.807) is 20.2 Å². The zero-order valence-corrected chi connectivity index (χ0v) is 21.4. The van der Waals surface area contributed by atoms with E-state index in [-0.39, 0.29) is 29.7 Å². The number of carbonyl (C=O) groups is 3. The molecule has 3 aliphatic rings. The number of amides is 1. The van der Waals surface area contributed by atoms with E-state index in [0.29, 0.717) is 25.2 Å². The average Bonchev–Trinajstić information content (AvgIpc) is 2.82. The van der Waals surface area contributed by atoms with Crippen molar-refractivity contribution >= 4 is 23.2 Å². The molecule has 1 fully saturated rings. The van der Waals surface area contributed by atoms with Gasteiger partial charge in [0.25, 0.3) is 5.91 Å². The minimum atomic E-state index is -2.64. The molecule has 1 amide bonds. The maximum absolute atomic E-state index is 13.9. The highest BCUT2D eigenvalue weighted by Gasteiger charge is 2.64. The summed E-state index contributed by atoms with van der Waals surface area (Å²) >= 11 is 0. The molecule has 4 atom stereocenters. The van der Waals surface area contributed by atoms with E-state index in [4.69, 9.17) is 5.73 Å². The van der Waals surface area contributed by atoms with Crippen LogP contribution in [-0.2, 0) is 27.3 Å². The number of phenolic OH excluding ortho intramolecular Hbond substituents is 1. The van der Waals surface area contributed by atoms with Gasteiger partial charge in [0, 0.05) is 31.1 Å². The number of nitrogens with one attached hydrogen (secondary N) is 1. The van der Waals surface area contributed by atoms with Gasteiger partial charge in [0.05, 0.1) is 11.6 Å². The average molecular weight is 515 g/mol. The number of aliphatic hydroxyl groups is 3. The number of hydrogen-bond acceptors (Lipinski definition) is 10. The Kier molecular flexibility index (Phi) is 6.93. The fraction of sp³-hybridized carbons (Fsp3) is 0.500. The molecule has 200 valence electrons. The summed E-state index contributed by atoms with van der Waals surface area (Å²) in [5.74, 6) is -6.54. The number of ketones is 2. The summed E-state index contributed by atoms with van der Waals surface area (Å²) in [6, 6.07) is 2.11. The Bertz CT molecular complexity index is 1240. The number of benzene rings is 1. The van der Waals surface area contributed by atoms with Crippen LogP contribution in [0.1, 0.15) is 37.0 Å². The molecule has 4 rings (SSSR count). The lowest BCUT2D eigenvalue weighted by molar-refractivity contribution is -0.153. The number of carbonyl (C=O) groups excluding carboxylic acids is 3. The van der Waals surface area contributed by atoms with Gasteiger partial charge >= 0.3 is 0 Å². The molecular weight excluding hydrogens is 480 g/mol. The van der Waals surface area contributed by atoms with Gasteiger partial charge in [0.2, 0.25) is 5.78 Å². The summed E-state index contributed by atoms with van der Waals surface area (Å²) in [7, 11) is 3.15. The topological polar surface area (TPSA) is 177 Å². The summed E-state index contributed by atoms with van der Waals surface area (Å²) in [4.78, 5) is 40.6. The molecule has 0 spiro atoms. The van der Waals surface area contributed by atoms with Gasteiger partial charge in [-0.15, -0.1) is 0 Å². The molecule has 37 heavy (non-hydrogen) atoms. The van der Waals surface area contributed by atoms with Crippen molar-refractivity contribution in [2.24, 2.45) is 17.6 Å². The molecule has 0 heterocycles. The first-order valence-electron chi connectivity index (χ1n) is 12.4. The van der Waals surface area contributed by atoms with Crippen molar-refractivity contribution < 1.29 is 34.8 Å². The van der Waals surface area contributed by atoms with Gasteiger partial charge in [-0.05, 0) is 50.0 Å². The second-order valence-electron chi connectivity index (χ2n) is 10.1. The minimum absolute atomic E-state index is 0.0611. The molecule has 7 N–H and O–H groups in total. The third-order valence-electron chi connectivity index (χ3n) is 7.83. The number of nitrogens with zero attached hydrogens (tertiary/aromatic N) is 2. The molecule has 0 aliphatic heterocycles. The highest BCUT2D eigenvalue weighted by Crippen LogP contribution is 2.52. The number of fused-ring (bicyclic) bond motifs is 3. The Hall–Kier alpha value is -3.25. The molecule has 0 aromatic heterocycles. The quantitative estimate of drug-likeness (QED) is 0.219. The summed E-state index contributed by atoms with van der Waals surface area (Å²) in [6.07, 6.45) is 0.327. The number of phenols is 1. The van der Waals surface area contributed by atoms with Crippen LogP contribution < -0.4 is 11.2 Å². The number of primary amides is 1. The van der Waals surface area contributed by atoms with Crippen molar-refractivity contribution in [2.75, 3.05) is 27.2 Å². The van der Waals surface area contributed by atoms with Crippen LogP contribution in [0.5, 0.6) is 5.75 Å². The maximum Gasteiger partial charge on any atom is 0.255 e. The third kappa shape index (κ3) is 3.93. The van der Waals surface area contributed by atoms with Crippen LogP contribution >= 0.6 is 0 Å². The third-order valence-corrected chi connectivity index (χ3v) is 7.83. The van der Waals surface area contributed by atoms with Crippen molar-refractivity contribution in [3.63, 3.8) is 0 Å². The highest BCUT2D eigenvalue weighted by atomic mass is 16.3. The fourth-order valence-electron chi connectivity index (χ4n) is 6.17. The number of hydrazine groups is 1. The van der Waals surface area contributed by atoms with Gasteiger partial charge in [-0.25, -0.2) is 5.01 Å². The van der Waals surface area contributed by atoms with Crippen LogP contribution in [0.15, 0.2) is 29.0 Å². The molecule has 0 bridgehead atoms. The van der Waals surface area contributed by atoms with E-state index >= 15 is 0 Å². The smallest absolute Gasteiger partial charge is 0.255 e. The van der Waals surface area contributed by atoms with Gasteiger partial charge in [0.15, 0.2) is 11.4 Å². The van der Waals surface area contributed by atoms with Gasteiger partial charge in [-0.2, -0.15) is 0 Å². The number of rotatable bonds is 7. The molecule has 1 saturated carbocycles. The first kappa shape index (κ1) is 26.8. The van der Waals surface area contributed by atoms with E-state index in [1.807, 2.05) is 18.9 Å². The number of hydrogen-bond donors (Lipinski definition) is 6. The largest absolute Gasteiger partial charge is 0.508 e. The van der Waals surface area contributed by atoms with Crippen molar-refractivity contribution in [3.8, 4) is 5.75 Å². The Morgan fingerprint density at radius 1 is 1.19 bits per heavy atom. The first-order chi connectivity index (χ1) is 17.4. The Morgan fingerprint density at radius 2 is 1.86 bits per heavy atom. The number of aromatic hydroxyl groups is 1. The lowest BCUT2D eigenvalue weighted by atomic mass is 9.57. The summed E-state index contributed by atoms with van der Waals surface area (Å²) in [5, 5.41) is 46.5. The molecule has 11 nitrogen and oxygen atoms in total. The molecule has 11 heteroatoms. The highest BCUT2D eigenvalue weighted by molar-refractivity contribution is 6.24. The minimum Gasteiger partial charge on any atom is -0.508 e. The van der Waals surface area contributed by atoms with E-state index in [1.165, 1.54) is 11.0 Å². The Labute approximate surface area is 214 Å². The zero-order chi connectivity index (χ0) is 27.4. The van der Waals surface area contributed by atoms with Crippen molar-refractivity contribution in [2.45, 2.75) is 44.9 Å². The van der Waals surface area contributed by atoms with Crippen LogP contribution in [0.3, 0.4) is 0 Å². The van der Waals surface area contributed by atoms with Gasteiger partial charge in [-0.3, -0.25) is 24.7 Å². The van der Waals surface area contributed by atoms with E-state index < -0.39 is 58.0 Å². The molecule has 3 aliphatic carbocycles. The van der Waals surface area contributed by atoms with Crippen molar-refractivity contribution in [3.05, 3.63) is 45.7 Å². The Morgan fingerprint density at radius 3 is 2.43 bits per heavy atom. The normalized spacial score (nSPS) is 27.5. The lowest BCUT2D eigenvalue weighted by Crippen LogP contribution is -2.65. The number of Topliss-reactive ketones (excluding diaryl/α,β-unsaturated/α-hetero) is 2. The molecule has 0 saturated heterocycles. The van der Waals surface area contributed by atoms with E-state index in [0.717, 1.165) is 5.56 Å². The van der Waals surface area contributed by atoms with Gasteiger partial charge in [0.1, 0.15) is 22.8 Å². The van der Waals surface area contributed by atoms with Gasteiger partial charge in [-0.1, -0.05) is 19.9 Å². The van der Waals surface area contributed by atoms with Crippen LogP contribution in [0.2, 0.25) is 0 Å². The lowest BCUT2D eigenvalue weighted by Gasteiger charge is -2.50. The maximum atomic E-state index is 13.9. The molecule has 1 aromatic rings. The predicted molar refractivity (Wildman–Crippen MR) is 134 cm³/mol. The Balaban J connectivity index is 1.90. The van der Waals surface area contributed by atoms with Gasteiger partial charge < -0.3 is 26.2 Å². The van der Waals surface area contributed by atoms with Crippen molar-refractivity contribution in [1.82, 2.24) is 15.3 Å². The van der Waals surface area contributed by atoms with Crippen molar-refractivity contribution in [1.29, 1.82) is 0 Å².